The van der Waals surface area contributed by atoms with E-state index >= 15 is 0 Å². The minimum Gasteiger partial charge on any atom is -0.351 e. The maximum atomic E-state index is 10.7. The molecule has 0 aromatic heterocycles. The maximum Gasteiger partial charge on any atom is 0.327 e. The summed E-state index contributed by atoms with van der Waals surface area (Å²) in [6, 6.07) is 0. The molecule has 1 aliphatic carbocycles. The van der Waals surface area contributed by atoms with E-state index in [1.54, 1.807) is 6.92 Å². The molecule has 0 spiro atoms. The van der Waals surface area contributed by atoms with E-state index in [0.29, 0.717) is 0 Å². The molecule has 9 heavy (non-hydrogen) atoms. The van der Waals surface area contributed by atoms with Gasteiger partial charge in [0.05, 0.1) is 5.41 Å². The van der Waals surface area contributed by atoms with E-state index < -0.39 is 0 Å². The summed E-state index contributed by atoms with van der Waals surface area (Å²) in [6.45, 7) is 1.80. The monoisotopic (exact) mass is 125 g/mol. The van der Waals surface area contributed by atoms with Crippen LogP contribution in [0.5, 0.6) is 0 Å². The minimum atomic E-state index is -0.384. The number of carbonyl (C=O) groups is 1. The zero-order valence-corrected chi connectivity index (χ0v) is 5.18. The molecule has 0 aromatic rings. The maximum absolute atomic E-state index is 10.7. The Bertz CT molecular complexity index is 176. The zero-order valence-electron chi connectivity index (χ0n) is 5.18. The molecule has 1 fully saturated rings. The lowest BCUT2D eigenvalue weighted by molar-refractivity contribution is -0.142. The van der Waals surface area contributed by atoms with E-state index in [2.05, 4.69) is 4.74 Å². The van der Waals surface area contributed by atoms with Crippen LogP contribution in [0.1, 0.15) is 19.8 Å². The Kier molecular flexibility index (Phi) is 1.17. The van der Waals surface area contributed by atoms with Gasteiger partial charge in [0.25, 0.3) is 6.26 Å². The van der Waals surface area contributed by atoms with Gasteiger partial charge in [-0.1, -0.05) is 0 Å². The van der Waals surface area contributed by atoms with E-state index in [0.717, 1.165) is 12.8 Å². The van der Waals surface area contributed by atoms with E-state index in [9.17, 15) is 4.79 Å². The van der Waals surface area contributed by atoms with Crippen molar-refractivity contribution < 1.29 is 9.53 Å². The summed E-state index contributed by atoms with van der Waals surface area (Å²) in [4.78, 5) is 10.7. The van der Waals surface area contributed by atoms with Crippen molar-refractivity contribution in [3.63, 3.8) is 0 Å². The van der Waals surface area contributed by atoms with Gasteiger partial charge in [0.2, 0.25) is 0 Å². The Labute approximate surface area is 53.2 Å². The first kappa shape index (κ1) is 6.09. The molecule has 48 valence electrons. The lowest BCUT2D eigenvalue weighted by Gasteiger charge is -1.99. The SMILES string of the molecule is CC1(C(=O)OC#N)CC1. The van der Waals surface area contributed by atoms with E-state index in [4.69, 9.17) is 5.26 Å². The molecule has 1 rings (SSSR count). The number of nitrogens with zero attached hydrogens (tertiary/aromatic N) is 1. The van der Waals surface area contributed by atoms with Crippen molar-refractivity contribution in [3.8, 4) is 6.26 Å². The Balaban J connectivity index is 2.45. The van der Waals surface area contributed by atoms with Crippen LogP contribution in [-0.4, -0.2) is 5.97 Å². The predicted octanol–water partition coefficient (Wildman–Crippen LogP) is 0.811. The minimum absolute atomic E-state index is 0.324. The molecule has 0 aliphatic heterocycles. The third-order valence-corrected chi connectivity index (χ3v) is 1.63. The first-order chi connectivity index (χ1) is 4.19. The summed E-state index contributed by atoms with van der Waals surface area (Å²) in [5, 5.41) is 7.93. The van der Waals surface area contributed by atoms with Crippen molar-refractivity contribution in [2.75, 3.05) is 0 Å². The third-order valence-electron chi connectivity index (χ3n) is 1.63. The van der Waals surface area contributed by atoms with Crippen LogP contribution in [0, 0.1) is 16.9 Å². The van der Waals surface area contributed by atoms with Crippen LogP contribution in [0.25, 0.3) is 0 Å². The van der Waals surface area contributed by atoms with Gasteiger partial charge in [-0.2, -0.15) is 0 Å². The Morgan fingerprint density at radius 1 is 1.78 bits per heavy atom. The molecular formula is C6H7NO2. The topological polar surface area (TPSA) is 50.1 Å². The molecule has 3 heteroatoms. The summed E-state index contributed by atoms with van der Waals surface area (Å²) < 4.78 is 4.14. The number of ether oxygens (including phenoxy) is 1. The van der Waals surface area contributed by atoms with Crippen molar-refractivity contribution in [2.45, 2.75) is 19.8 Å². The summed E-state index contributed by atoms with van der Waals surface area (Å²) in [5.74, 6) is -0.384. The fourth-order valence-electron chi connectivity index (χ4n) is 0.556. The molecule has 0 aromatic carbocycles. The van der Waals surface area contributed by atoms with Crippen molar-refractivity contribution in [3.05, 3.63) is 0 Å². The number of carbonyl (C=O) groups excluding carboxylic acids is 1. The second kappa shape index (κ2) is 1.73. The number of hydrogen-bond acceptors (Lipinski definition) is 3. The third kappa shape index (κ3) is 1.02. The average molecular weight is 125 g/mol. The van der Waals surface area contributed by atoms with E-state index in [-0.39, 0.29) is 11.4 Å². The highest BCUT2D eigenvalue weighted by atomic mass is 16.5. The molecule has 0 N–H and O–H groups in total. The molecule has 0 heterocycles. The average Bonchev–Trinajstić information content (AvgIpc) is 2.50. The lowest BCUT2D eigenvalue weighted by atomic mass is 10.1. The van der Waals surface area contributed by atoms with Gasteiger partial charge in [-0.3, -0.25) is 4.79 Å². The van der Waals surface area contributed by atoms with Gasteiger partial charge < -0.3 is 4.74 Å². The van der Waals surface area contributed by atoms with Crippen molar-refractivity contribution in [1.82, 2.24) is 0 Å². The number of hydrogen-bond donors (Lipinski definition) is 0. The molecule has 0 radical (unpaired) electrons. The molecule has 0 atom stereocenters. The highest BCUT2D eigenvalue weighted by molar-refractivity contribution is 5.79. The summed E-state index contributed by atoms with van der Waals surface area (Å²) in [6.07, 6.45) is 3.07. The summed E-state index contributed by atoms with van der Waals surface area (Å²) in [5.41, 5.74) is -0.324. The molecule has 0 amide bonds. The van der Waals surface area contributed by atoms with Crippen LogP contribution in [-0.2, 0) is 9.53 Å². The molecule has 0 saturated heterocycles. The standard InChI is InChI=1S/C6H7NO2/c1-6(2-3-6)5(8)9-4-7/h2-3H2,1H3. The Morgan fingerprint density at radius 2 is 2.33 bits per heavy atom. The van der Waals surface area contributed by atoms with Crippen molar-refractivity contribution >= 4 is 5.97 Å². The number of nitriles is 1. The zero-order chi connectivity index (χ0) is 6.91. The van der Waals surface area contributed by atoms with Crippen LogP contribution in [0.4, 0.5) is 0 Å². The normalized spacial score (nSPS) is 20.0. The second-order valence-corrected chi connectivity index (χ2v) is 2.54. The quantitative estimate of drug-likeness (QED) is 0.385. The van der Waals surface area contributed by atoms with Gasteiger partial charge in [-0.05, 0) is 19.8 Å². The van der Waals surface area contributed by atoms with Crippen molar-refractivity contribution in [2.24, 2.45) is 5.41 Å². The highest BCUT2D eigenvalue weighted by Crippen LogP contribution is 2.45. The molecule has 0 bridgehead atoms. The molecule has 1 saturated carbocycles. The molecular weight excluding hydrogens is 118 g/mol. The van der Waals surface area contributed by atoms with E-state index in [1.165, 1.54) is 6.26 Å². The molecule has 3 nitrogen and oxygen atoms in total. The van der Waals surface area contributed by atoms with Gasteiger partial charge in [-0.15, -0.1) is 5.26 Å². The number of esters is 1. The van der Waals surface area contributed by atoms with Gasteiger partial charge in [0.15, 0.2) is 0 Å². The van der Waals surface area contributed by atoms with Gasteiger partial charge in [-0.25, -0.2) is 0 Å². The Hall–Kier alpha value is -1.04. The van der Waals surface area contributed by atoms with Gasteiger partial charge >= 0.3 is 5.97 Å². The predicted molar refractivity (Wildman–Crippen MR) is 29.0 cm³/mol. The fraction of sp³-hybridized carbons (Fsp3) is 0.667. The lowest BCUT2D eigenvalue weighted by Crippen LogP contribution is -2.12. The largest absolute Gasteiger partial charge is 0.351 e. The number of rotatable bonds is 1. The highest BCUT2D eigenvalue weighted by Gasteiger charge is 2.46. The van der Waals surface area contributed by atoms with Crippen LogP contribution in [0.2, 0.25) is 0 Å². The summed E-state index contributed by atoms with van der Waals surface area (Å²) in [7, 11) is 0. The summed E-state index contributed by atoms with van der Waals surface area (Å²) >= 11 is 0. The Morgan fingerprint density at radius 3 is 2.67 bits per heavy atom. The van der Waals surface area contributed by atoms with Crippen LogP contribution in [0.15, 0.2) is 0 Å². The van der Waals surface area contributed by atoms with Gasteiger partial charge in [0, 0.05) is 0 Å². The first-order valence-corrected chi connectivity index (χ1v) is 2.79. The van der Waals surface area contributed by atoms with E-state index in [1.807, 2.05) is 0 Å². The molecule has 1 aliphatic rings. The first-order valence-electron chi connectivity index (χ1n) is 2.79. The smallest absolute Gasteiger partial charge is 0.327 e. The van der Waals surface area contributed by atoms with Crippen LogP contribution in [0.3, 0.4) is 0 Å². The van der Waals surface area contributed by atoms with Crippen LogP contribution < -0.4 is 0 Å². The second-order valence-electron chi connectivity index (χ2n) is 2.54. The van der Waals surface area contributed by atoms with Crippen molar-refractivity contribution in [1.29, 1.82) is 5.26 Å². The fourth-order valence-corrected chi connectivity index (χ4v) is 0.556. The van der Waals surface area contributed by atoms with Crippen LogP contribution >= 0.6 is 0 Å². The van der Waals surface area contributed by atoms with Gasteiger partial charge in [0.1, 0.15) is 0 Å². The molecule has 0 unspecified atom stereocenters.